The van der Waals surface area contributed by atoms with Gasteiger partial charge in [-0.2, -0.15) is 4.31 Å². The minimum Gasteiger partial charge on any atom is -0.468 e. The van der Waals surface area contributed by atoms with Gasteiger partial charge in [-0.1, -0.05) is 56.0 Å². The van der Waals surface area contributed by atoms with Crippen LogP contribution in [0.15, 0.2) is 58.6 Å². The molecule has 1 saturated carbocycles. The Bertz CT molecular complexity index is 884. The van der Waals surface area contributed by atoms with Gasteiger partial charge in [0.05, 0.1) is 19.4 Å². The summed E-state index contributed by atoms with van der Waals surface area (Å²) < 4.78 is 32.3. The Morgan fingerprint density at radius 2 is 1.79 bits per heavy atom. The maximum absolute atomic E-state index is 12.9. The van der Waals surface area contributed by atoms with Gasteiger partial charge >= 0.3 is 0 Å². The predicted molar refractivity (Wildman–Crippen MR) is 113 cm³/mol. The number of amides is 1. The number of nitrogens with zero attached hydrogens (tertiary/aromatic N) is 1. The Morgan fingerprint density at radius 3 is 2.45 bits per heavy atom. The molecule has 29 heavy (non-hydrogen) atoms. The van der Waals surface area contributed by atoms with Crippen molar-refractivity contribution in [1.82, 2.24) is 9.62 Å². The Morgan fingerprint density at radius 1 is 1.07 bits per heavy atom. The average Bonchev–Trinajstić information content (AvgIpc) is 3.09. The average molecular weight is 417 g/mol. The molecule has 6 nitrogen and oxygen atoms in total. The molecule has 1 aromatic heterocycles. The highest BCUT2D eigenvalue weighted by Gasteiger charge is 2.25. The van der Waals surface area contributed by atoms with Crippen molar-refractivity contribution in [3.05, 3.63) is 65.5 Å². The molecule has 1 heterocycles. The summed E-state index contributed by atoms with van der Waals surface area (Å²) in [6, 6.07) is 12.7. The van der Waals surface area contributed by atoms with Crippen LogP contribution in [0.1, 0.15) is 49.8 Å². The Kier molecular flexibility index (Phi) is 7.66. The summed E-state index contributed by atoms with van der Waals surface area (Å²) in [7, 11) is -3.81. The van der Waals surface area contributed by atoms with Crippen molar-refractivity contribution in [3.63, 3.8) is 0 Å². The fourth-order valence-corrected chi connectivity index (χ4v) is 4.59. The molecule has 0 unspecified atom stereocenters. The summed E-state index contributed by atoms with van der Waals surface area (Å²) in [5.74, 6) is 0.212. The van der Waals surface area contributed by atoms with Crippen LogP contribution in [0.2, 0.25) is 0 Å². The number of hydrogen-bond donors (Lipinski definition) is 1. The molecule has 7 heteroatoms. The molecule has 1 amide bonds. The fraction of sp³-hybridized carbons (Fsp3) is 0.409. The van der Waals surface area contributed by atoms with Crippen molar-refractivity contribution in [2.75, 3.05) is 6.54 Å². The first-order valence-corrected chi connectivity index (χ1v) is 11.6. The molecule has 2 aromatic rings. The van der Waals surface area contributed by atoms with Crippen molar-refractivity contribution in [2.24, 2.45) is 0 Å². The number of benzene rings is 1. The van der Waals surface area contributed by atoms with E-state index in [1.165, 1.54) is 25.2 Å². The standard InChI is InChI=1S/C22H28N2O4S/c25-22(23-20-11-6-1-2-7-12-20)18-24(17-21-13-8-15-28-21)29(26,27)16-14-19-9-4-3-5-10-19/h3-5,8-10,13-16,20H,1-2,6-7,11-12,17-18H2,(H,23,25). The molecule has 1 aliphatic rings. The van der Waals surface area contributed by atoms with E-state index in [0.717, 1.165) is 41.0 Å². The normalized spacial score (nSPS) is 16.2. The van der Waals surface area contributed by atoms with Gasteiger partial charge in [0.15, 0.2) is 0 Å². The van der Waals surface area contributed by atoms with E-state index in [1.54, 1.807) is 12.1 Å². The van der Waals surface area contributed by atoms with Crippen molar-refractivity contribution >= 4 is 22.0 Å². The van der Waals surface area contributed by atoms with E-state index < -0.39 is 10.0 Å². The number of furan rings is 1. The van der Waals surface area contributed by atoms with Gasteiger partial charge in [0, 0.05) is 11.4 Å². The molecular weight excluding hydrogens is 388 g/mol. The molecule has 1 aromatic carbocycles. The molecule has 0 aliphatic heterocycles. The van der Waals surface area contributed by atoms with Gasteiger partial charge in [-0.05, 0) is 36.6 Å². The van der Waals surface area contributed by atoms with E-state index >= 15 is 0 Å². The number of nitrogens with one attached hydrogen (secondary N) is 1. The smallest absolute Gasteiger partial charge is 0.237 e. The fourth-order valence-electron chi connectivity index (χ4n) is 3.48. The van der Waals surface area contributed by atoms with E-state index in [1.807, 2.05) is 30.3 Å². The van der Waals surface area contributed by atoms with Crippen LogP contribution < -0.4 is 5.32 Å². The molecule has 0 radical (unpaired) electrons. The maximum atomic E-state index is 12.9. The van der Waals surface area contributed by atoms with Gasteiger partial charge in [-0.3, -0.25) is 4.79 Å². The number of rotatable bonds is 8. The SMILES string of the molecule is O=C(CN(Cc1ccco1)S(=O)(=O)C=Cc1ccccc1)NC1CCCCCC1. The Balaban J connectivity index is 1.71. The van der Waals surface area contributed by atoms with Crippen LogP contribution in [0.25, 0.3) is 6.08 Å². The summed E-state index contributed by atoms with van der Waals surface area (Å²) in [5.41, 5.74) is 0.775. The zero-order valence-electron chi connectivity index (χ0n) is 16.5. The predicted octanol–water partition coefficient (Wildman–Crippen LogP) is 3.92. The molecule has 0 atom stereocenters. The highest BCUT2D eigenvalue weighted by Crippen LogP contribution is 2.18. The summed E-state index contributed by atoms with van der Waals surface area (Å²) >= 11 is 0. The lowest BCUT2D eigenvalue weighted by Crippen LogP contribution is -2.43. The second-order valence-corrected chi connectivity index (χ2v) is 9.18. The van der Waals surface area contributed by atoms with Crippen LogP contribution in [-0.2, 0) is 21.4 Å². The zero-order chi connectivity index (χ0) is 20.5. The Labute approximate surface area is 172 Å². The van der Waals surface area contributed by atoms with Crippen LogP contribution >= 0.6 is 0 Å². The molecule has 0 bridgehead atoms. The third kappa shape index (κ3) is 6.87. The highest BCUT2D eigenvalue weighted by molar-refractivity contribution is 7.92. The lowest BCUT2D eigenvalue weighted by Gasteiger charge is -2.21. The second-order valence-electron chi connectivity index (χ2n) is 7.36. The molecule has 1 N–H and O–H groups in total. The molecular formula is C22H28N2O4S. The molecule has 1 aliphatic carbocycles. The van der Waals surface area contributed by atoms with Crippen LogP contribution in [0.3, 0.4) is 0 Å². The van der Waals surface area contributed by atoms with Crippen molar-refractivity contribution in [3.8, 4) is 0 Å². The second kappa shape index (κ2) is 10.4. The van der Waals surface area contributed by atoms with Crippen molar-refractivity contribution < 1.29 is 17.6 Å². The van der Waals surface area contributed by atoms with E-state index in [-0.39, 0.29) is 25.0 Å². The molecule has 1 fully saturated rings. The third-order valence-electron chi connectivity index (χ3n) is 5.04. The van der Waals surface area contributed by atoms with Crippen LogP contribution in [0.5, 0.6) is 0 Å². The van der Waals surface area contributed by atoms with Gasteiger partial charge in [0.2, 0.25) is 15.9 Å². The topological polar surface area (TPSA) is 79.6 Å². The first kappa shape index (κ1) is 21.3. The van der Waals surface area contributed by atoms with Crippen molar-refractivity contribution in [2.45, 2.75) is 51.1 Å². The minimum atomic E-state index is -3.81. The number of carbonyl (C=O) groups excluding carboxylic acids is 1. The molecule has 3 rings (SSSR count). The van der Waals surface area contributed by atoms with Gasteiger partial charge in [0.1, 0.15) is 5.76 Å². The molecule has 0 saturated heterocycles. The molecule has 0 spiro atoms. The summed E-state index contributed by atoms with van der Waals surface area (Å²) in [6.45, 7) is -0.231. The lowest BCUT2D eigenvalue weighted by molar-refractivity contribution is -0.122. The zero-order valence-corrected chi connectivity index (χ0v) is 17.3. The largest absolute Gasteiger partial charge is 0.468 e. The number of hydrogen-bond acceptors (Lipinski definition) is 4. The van der Waals surface area contributed by atoms with E-state index in [0.29, 0.717) is 5.76 Å². The van der Waals surface area contributed by atoms with E-state index in [4.69, 9.17) is 4.42 Å². The van der Waals surface area contributed by atoms with Crippen LogP contribution in [0, 0.1) is 0 Å². The Hall–Kier alpha value is -2.38. The summed E-state index contributed by atoms with van der Waals surface area (Å²) in [4.78, 5) is 12.6. The number of carbonyl (C=O) groups is 1. The van der Waals surface area contributed by atoms with Gasteiger partial charge < -0.3 is 9.73 Å². The lowest BCUT2D eigenvalue weighted by atomic mass is 10.1. The minimum absolute atomic E-state index is 0.00650. The first-order chi connectivity index (χ1) is 14.0. The third-order valence-corrected chi connectivity index (χ3v) is 6.50. The van der Waals surface area contributed by atoms with Crippen LogP contribution in [0.4, 0.5) is 0 Å². The summed E-state index contributed by atoms with van der Waals surface area (Å²) in [6.07, 6.45) is 9.50. The number of sulfonamides is 1. The van der Waals surface area contributed by atoms with Crippen molar-refractivity contribution in [1.29, 1.82) is 0 Å². The quantitative estimate of drug-likeness (QED) is 0.662. The van der Waals surface area contributed by atoms with Crippen LogP contribution in [-0.4, -0.2) is 31.2 Å². The highest BCUT2D eigenvalue weighted by atomic mass is 32.2. The monoisotopic (exact) mass is 416 g/mol. The van der Waals surface area contributed by atoms with Gasteiger partial charge in [0.25, 0.3) is 0 Å². The van der Waals surface area contributed by atoms with E-state index in [9.17, 15) is 13.2 Å². The first-order valence-electron chi connectivity index (χ1n) is 10.1. The van der Waals surface area contributed by atoms with E-state index in [2.05, 4.69) is 5.32 Å². The van der Waals surface area contributed by atoms with Gasteiger partial charge in [-0.15, -0.1) is 0 Å². The maximum Gasteiger partial charge on any atom is 0.237 e. The van der Waals surface area contributed by atoms with Gasteiger partial charge in [-0.25, -0.2) is 8.42 Å². The molecule has 156 valence electrons. The summed E-state index contributed by atoms with van der Waals surface area (Å²) in [5, 5.41) is 4.16.